The van der Waals surface area contributed by atoms with Gasteiger partial charge >= 0.3 is 0 Å². The molecule has 1 aliphatic carbocycles. The standard InChI is InChI=1S/C11H23N3O/c1-13(2)11(15)6-8-14(9-7-12)10-4-3-5-10/h10H,3-9,12H2,1-2H3. The van der Waals surface area contributed by atoms with E-state index in [0.717, 1.165) is 13.1 Å². The topological polar surface area (TPSA) is 49.6 Å². The van der Waals surface area contributed by atoms with Gasteiger partial charge < -0.3 is 10.6 Å². The van der Waals surface area contributed by atoms with Crippen molar-refractivity contribution in [3.63, 3.8) is 0 Å². The lowest BCUT2D eigenvalue weighted by atomic mass is 9.91. The van der Waals surface area contributed by atoms with E-state index in [2.05, 4.69) is 4.90 Å². The predicted molar refractivity (Wildman–Crippen MR) is 61.6 cm³/mol. The fraction of sp³-hybridized carbons (Fsp3) is 0.909. The molecule has 15 heavy (non-hydrogen) atoms. The molecule has 0 heterocycles. The van der Waals surface area contributed by atoms with E-state index in [0.29, 0.717) is 19.0 Å². The van der Waals surface area contributed by atoms with Gasteiger partial charge in [-0.1, -0.05) is 6.42 Å². The molecule has 1 fully saturated rings. The van der Waals surface area contributed by atoms with Gasteiger partial charge in [0, 0.05) is 46.2 Å². The van der Waals surface area contributed by atoms with Gasteiger partial charge in [0.2, 0.25) is 5.91 Å². The SMILES string of the molecule is CN(C)C(=O)CCN(CCN)C1CCC1. The molecular weight excluding hydrogens is 190 g/mol. The molecule has 0 radical (unpaired) electrons. The van der Waals surface area contributed by atoms with Gasteiger partial charge in [0.15, 0.2) is 0 Å². The maximum Gasteiger partial charge on any atom is 0.223 e. The normalized spacial score (nSPS) is 16.5. The fourth-order valence-electron chi connectivity index (χ4n) is 1.86. The van der Waals surface area contributed by atoms with Crippen LogP contribution >= 0.6 is 0 Å². The molecule has 1 aliphatic rings. The Hall–Kier alpha value is -0.610. The summed E-state index contributed by atoms with van der Waals surface area (Å²) in [5, 5.41) is 0. The Morgan fingerprint density at radius 1 is 1.33 bits per heavy atom. The van der Waals surface area contributed by atoms with Crippen molar-refractivity contribution in [2.75, 3.05) is 33.7 Å². The summed E-state index contributed by atoms with van der Waals surface area (Å²) in [5.74, 6) is 0.205. The Morgan fingerprint density at radius 2 is 2.00 bits per heavy atom. The van der Waals surface area contributed by atoms with Crippen LogP contribution in [-0.4, -0.2) is 55.5 Å². The van der Waals surface area contributed by atoms with Gasteiger partial charge in [0.25, 0.3) is 0 Å². The molecule has 4 heteroatoms. The number of rotatable bonds is 6. The Bertz CT molecular complexity index is 202. The molecule has 0 aromatic rings. The third-order valence-corrected chi connectivity index (χ3v) is 3.12. The molecule has 0 bridgehead atoms. The first-order valence-corrected chi connectivity index (χ1v) is 5.79. The van der Waals surface area contributed by atoms with Crippen molar-refractivity contribution < 1.29 is 4.79 Å². The van der Waals surface area contributed by atoms with Gasteiger partial charge in [0.1, 0.15) is 0 Å². The maximum absolute atomic E-state index is 11.4. The monoisotopic (exact) mass is 213 g/mol. The van der Waals surface area contributed by atoms with E-state index >= 15 is 0 Å². The van der Waals surface area contributed by atoms with Gasteiger partial charge in [-0.3, -0.25) is 9.69 Å². The first kappa shape index (κ1) is 12.5. The highest BCUT2D eigenvalue weighted by molar-refractivity contribution is 5.75. The summed E-state index contributed by atoms with van der Waals surface area (Å²) in [4.78, 5) is 15.5. The van der Waals surface area contributed by atoms with Crippen LogP contribution in [0.1, 0.15) is 25.7 Å². The Kier molecular flexibility index (Phi) is 5.05. The Balaban J connectivity index is 2.27. The summed E-state index contributed by atoms with van der Waals surface area (Å²) in [6.07, 6.45) is 4.49. The van der Waals surface area contributed by atoms with E-state index in [1.807, 2.05) is 0 Å². The quantitative estimate of drug-likeness (QED) is 0.689. The number of amides is 1. The third-order valence-electron chi connectivity index (χ3n) is 3.12. The highest BCUT2D eigenvalue weighted by atomic mass is 16.2. The van der Waals surface area contributed by atoms with Crippen molar-refractivity contribution >= 4 is 5.91 Å². The maximum atomic E-state index is 11.4. The van der Waals surface area contributed by atoms with Gasteiger partial charge in [-0.05, 0) is 12.8 Å². The second kappa shape index (κ2) is 6.08. The third kappa shape index (κ3) is 3.80. The van der Waals surface area contributed by atoms with Crippen LogP contribution in [0, 0.1) is 0 Å². The number of nitrogens with two attached hydrogens (primary N) is 1. The zero-order chi connectivity index (χ0) is 11.3. The fourth-order valence-corrected chi connectivity index (χ4v) is 1.86. The van der Waals surface area contributed by atoms with E-state index in [1.165, 1.54) is 19.3 Å². The van der Waals surface area contributed by atoms with Gasteiger partial charge in [-0.25, -0.2) is 0 Å². The molecule has 0 aromatic carbocycles. The number of hydrogen-bond donors (Lipinski definition) is 1. The smallest absolute Gasteiger partial charge is 0.223 e. The van der Waals surface area contributed by atoms with Crippen LogP contribution in [0.2, 0.25) is 0 Å². The number of carbonyl (C=O) groups is 1. The van der Waals surface area contributed by atoms with E-state index in [-0.39, 0.29) is 5.91 Å². The second-order valence-corrected chi connectivity index (χ2v) is 4.45. The second-order valence-electron chi connectivity index (χ2n) is 4.45. The lowest BCUT2D eigenvalue weighted by Gasteiger charge is -2.37. The molecule has 0 aromatic heterocycles. The van der Waals surface area contributed by atoms with Crippen molar-refractivity contribution in [2.24, 2.45) is 5.73 Å². The molecule has 0 aliphatic heterocycles. The first-order valence-electron chi connectivity index (χ1n) is 5.79. The average molecular weight is 213 g/mol. The average Bonchev–Trinajstić information content (AvgIpc) is 2.10. The molecule has 4 nitrogen and oxygen atoms in total. The van der Waals surface area contributed by atoms with Crippen molar-refractivity contribution in [3.8, 4) is 0 Å². The summed E-state index contributed by atoms with van der Waals surface area (Å²) in [5.41, 5.74) is 5.58. The Morgan fingerprint density at radius 3 is 2.40 bits per heavy atom. The highest BCUT2D eigenvalue weighted by Crippen LogP contribution is 2.24. The minimum atomic E-state index is 0.205. The van der Waals surface area contributed by atoms with Crippen molar-refractivity contribution in [1.82, 2.24) is 9.80 Å². The molecule has 1 rings (SSSR count). The first-order chi connectivity index (χ1) is 7.15. The number of carbonyl (C=O) groups excluding carboxylic acids is 1. The van der Waals surface area contributed by atoms with Gasteiger partial charge in [-0.15, -0.1) is 0 Å². The summed E-state index contributed by atoms with van der Waals surface area (Å²) in [6, 6.07) is 0.684. The number of nitrogens with zero attached hydrogens (tertiary/aromatic N) is 2. The van der Waals surface area contributed by atoms with Crippen LogP contribution in [0.25, 0.3) is 0 Å². The van der Waals surface area contributed by atoms with Crippen LogP contribution < -0.4 is 5.73 Å². The van der Waals surface area contributed by atoms with Crippen LogP contribution in [0.4, 0.5) is 0 Å². The van der Waals surface area contributed by atoms with Gasteiger partial charge in [0.05, 0.1) is 0 Å². The lowest BCUT2D eigenvalue weighted by Crippen LogP contribution is -2.44. The number of hydrogen-bond acceptors (Lipinski definition) is 3. The minimum absolute atomic E-state index is 0.205. The molecule has 0 spiro atoms. The van der Waals surface area contributed by atoms with E-state index in [9.17, 15) is 4.79 Å². The summed E-state index contributed by atoms with van der Waals surface area (Å²) in [7, 11) is 3.61. The zero-order valence-electron chi connectivity index (χ0n) is 9.91. The van der Waals surface area contributed by atoms with E-state index in [1.54, 1.807) is 19.0 Å². The van der Waals surface area contributed by atoms with Crippen molar-refractivity contribution in [2.45, 2.75) is 31.7 Å². The van der Waals surface area contributed by atoms with Crippen molar-refractivity contribution in [1.29, 1.82) is 0 Å². The van der Waals surface area contributed by atoms with E-state index < -0.39 is 0 Å². The summed E-state index contributed by atoms with van der Waals surface area (Å²) < 4.78 is 0. The summed E-state index contributed by atoms with van der Waals surface area (Å²) in [6.45, 7) is 2.47. The molecule has 0 atom stereocenters. The van der Waals surface area contributed by atoms with Gasteiger partial charge in [-0.2, -0.15) is 0 Å². The minimum Gasteiger partial charge on any atom is -0.349 e. The van der Waals surface area contributed by atoms with Crippen LogP contribution in [0.15, 0.2) is 0 Å². The van der Waals surface area contributed by atoms with Crippen LogP contribution in [-0.2, 0) is 4.79 Å². The predicted octanol–water partition coefficient (Wildman–Crippen LogP) is 0.278. The van der Waals surface area contributed by atoms with Crippen LogP contribution in [0.3, 0.4) is 0 Å². The molecule has 0 saturated heterocycles. The molecule has 88 valence electrons. The molecule has 1 amide bonds. The zero-order valence-corrected chi connectivity index (χ0v) is 9.91. The van der Waals surface area contributed by atoms with Crippen LogP contribution in [0.5, 0.6) is 0 Å². The van der Waals surface area contributed by atoms with Crippen molar-refractivity contribution in [3.05, 3.63) is 0 Å². The lowest BCUT2D eigenvalue weighted by molar-refractivity contribution is -0.129. The molecule has 2 N–H and O–H groups in total. The molecular formula is C11H23N3O. The summed E-state index contributed by atoms with van der Waals surface area (Å²) >= 11 is 0. The highest BCUT2D eigenvalue weighted by Gasteiger charge is 2.24. The molecule has 0 unspecified atom stereocenters. The Labute approximate surface area is 92.4 Å². The molecule has 1 saturated carbocycles. The largest absolute Gasteiger partial charge is 0.349 e. The van der Waals surface area contributed by atoms with E-state index in [4.69, 9.17) is 5.73 Å².